The van der Waals surface area contributed by atoms with Gasteiger partial charge in [0.05, 0.1) is 22.1 Å². The predicted molar refractivity (Wildman–Crippen MR) is 108 cm³/mol. The first kappa shape index (κ1) is 25.8. The van der Waals surface area contributed by atoms with Crippen LogP contribution in [0.1, 0.15) is 10.4 Å². The van der Waals surface area contributed by atoms with Crippen molar-refractivity contribution < 1.29 is 20.5 Å². The maximum absolute atomic E-state index is 10.1. The van der Waals surface area contributed by atoms with Crippen LogP contribution in [0, 0.1) is 15.3 Å². The Bertz CT molecular complexity index is 1000. The monoisotopic (exact) mass is 589 g/mol. The van der Waals surface area contributed by atoms with E-state index in [2.05, 4.69) is 34.2 Å². The molecule has 0 saturated carbocycles. The zero-order valence-electron chi connectivity index (χ0n) is 14.9. The van der Waals surface area contributed by atoms with Gasteiger partial charge in [0.15, 0.2) is 0 Å². The Morgan fingerprint density at radius 1 is 0.759 bits per heavy atom. The average molecular weight is 589 g/mol. The van der Waals surface area contributed by atoms with Gasteiger partial charge in [-0.3, -0.25) is 9.97 Å². The molecule has 146 valence electrons. The fourth-order valence-electron chi connectivity index (χ4n) is 2.25. The third-order valence-corrected chi connectivity index (χ3v) is 3.35. The number of fused-ring (bicyclic) bond motifs is 3. The standard InChI is InChI=1S/C12H8N2.C7H6O2.NO3.H2O.Pb/c1-3-9-5-6-10-4-2-8-14-12(10)11(9)13-7-1;8-7(9)6-4-2-1-3-5-6;2-1(3)4;;/h1-8H;1-5H,(H,8,9);;1H2;/q;;-1;;+2/p-1. The van der Waals surface area contributed by atoms with E-state index in [1.54, 1.807) is 30.6 Å². The van der Waals surface area contributed by atoms with Crippen molar-refractivity contribution in [3.05, 3.63) is 100 Å². The Hall–Kier alpha value is -3.19. The van der Waals surface area contributed by atoms with Gasteiger partial charge < -0.3 is 30.7 Å². The van der Waals surface area contributed by atoms with E-state index in [4.69, 9.17) is 15.3 Å². The Kier molecular flexibility index (Phi) is 11.6. The molecule has 4 aromatic rings. The third-order valence-electron chi connectivity index (χ3n) is 3.35. The predicted octanol–water partition coefficient (Wildman–Crippen LogP) is 1.39. The molecule has 2 heterocycles. The Balaban J connectivity index is 0.000000458. The van der Waals surface area contributed by atoms with Crippen LogP contribution in [0.4, 0.5) is 0 Å². The summed E-state index contributed by atoms with van der Waals surface area (Å²) in [5, 5.41) is 27.1. The SMILES string of the molecule is O.O=C([O-])c1ccccc1.O=[N+]([O-])[O-].[Pb+2].c1cnc2c(c1)ccc1cccnc12. The van der Waals surface area contributed by atoms with Crippen LogP contribution in [0.2, 0.25) is 0 Å². The number of carbonyl (C=O) groups excluding carboxylic acids is 1. The molecule has 2 aromatic heterocycles. The van der Waals surface area contributed by atoms with Gasteiger partial charge in [0.25, 0.3) is 0 Å². The van der Waals surface area contributed by atoms with E-state index in [9.17, 15) is 9.90 Å². The van der Waals surface area contributed by atoms with Gasteiger partial charge >= 0.3 is 27.3 Å². The molecule has 0 aliphatic carbocycles. The van der Waals surface area contributed by atoms with Crippen molar-refractivity contribution in [3.8, 4) is 0 Å². The van der Waals surface area contributed by atoms with Crippen molar-refractivity contribution in [2.45, 2.75) is 0 Å². The first-order chi connectivity index (χ1) is 13.0. The molecule has 0 spiro atoms. The van der Waals surface area contributed by atoms with E-state index in [0.717, 1.165) is 21.8 Å². The van der Waals surface area contributed by atoms with Gasteiger partial charge in [0.1, 0.15) is 0 Å². The number of hydrogen-bond acceptors (Lipinski definition) is 7. The van der Waals surface area contributed by atoms with Crippen LogP contribution in [0.15, 0.2) is 79.1 Å². The molecule has 0 saturated heterocycles. The van der Waals surface area contributed by atoms with Gasteiger partial charge in [0.2, 0.25) is 0 Å². The molecule has 2 N–H and O–H groups in total. The molecule has 0 unspecified atom stereocenters. The number of carbonyl (C=O) groups is 1. The van der Waals surface area contributed by atoms with Gasteiger partial charge in [-0.25, -0.2) is 0 Å². The van der Waals surface area contributed by atoms with Crippen molar-refractivity contribution in [3.63, 3.8) is 0 Å². The van der Waals surface area contributed by atoms with Crippen LogP contribution in [-0.4, -0.2) is 53.8 Å². The Labute approximate surface area is 185 Å². The van der Waals surface area contributed by atoms with Crippen molar-refractivity contribution >= 4 is 55.1 Å². The van der Waals surface area contributed by atoms with Crippen molar-refractivity contribution in [1.82, 2.24) is 9.97 Å². The fraction of sp³-hybridized carbons (Fsp3) is 0. The van der Waals surface area contributed by atoms with E-state index in [-0.39, 0.29) is 38.3 Å². The smallest absolute Gasteiger partial charge is 0.545 e. The normalized spacial score (nSPS) is 8.83. The van der Waals surface area contributed by atoms with Gasteiger partial charge in [-0.05, 0) is 17.7 Å². The zero-order chi connectivity index (χ0) is 19.6. The van der Waals surface area contributed by atoms with E-state index >= 15 is 0 Å². The summed E-state index contributed by atoms with van der Waals surface area (Å²) in [5.74, 6) is -1.13. The summed E-state index contributed by atoms with van der Waals surface area (Å²) < 4.78 is 0. The summed E-state index contributed by atoms with van der Waals surface area (Å²) in [6, 6.07) is 20.2. The summed E-state index contributed by atoms with van der Waals surface area (Å²) in [4.78, 5) is 27.0. The quantitative estimate of drug-likeness (QED) is 0.140. The van der Waals surface area contributed by atoms with Gasteiger partial charge in [-0.1, -0.05) is 54.6 Å². The van der Waals surface area contributed by atoms with Crippen LogP contribution < -0.4 is 5.11 Å². The molecule has 0 atom stereocenters. The van der Waals surface area contributed by atoms with Gasteiger partial charge in [-0.15, -0.1) is 0 Å². The first-order valence-corrected chi connectivity index (χ1v) is 7.65. The minimum atomic E-state index is -1.75. The molecular weight excluding hydrogens is 573 g/mol. The summed E-state index contributed by atoms with van der Waals surface area (Å²) in [7, 11) is 0. The van der Waals surface area contributed by atoms with Crippen LogP contribution in [0.25, 0.3) is 21.8 Å². The van der Waals surface area contributed by atoms with Crippen molar-refractivity contribution in [1.29, 1.82) is 0 Å². The van der Waals surface area contributed by atoms with Crippen LogP contribution in [-0.2, 0) is 0 Å². The largest absolute Gasteiger partial charge is 2.00 e. The molecule has 2 radical (unpaired) electrons. The topological polar surface area (TPSA) is 164 Å². The second kappa shape index (κ2) is 13.1. The number of aromatic carboxylic acids is 1. The number of pyridine rings is 2. The molecule has 29 heavy (non-hydrogen) atoms. The summed E-state index contributed by atoms with van der Waals surface area (Å²) in [6.07, 6.45) is 3.60. The minimum absolute atomic E-state index is 0. The molecule has 0 bridgehead atoms. The van der Waals surface area contributed by atoms with E-state index in [1.165, 1.54) is 12.1 Å². The number of rotatable bonds is 1. The van der Waals surface area contributed by atoms with E-state index < -0.39 is 11.1 Å². The maximum Gasteiger partial charge on any atom is 2.00 e. The number of hydrogen-bond donors (Lipinski definition) is 0. The fourth-order valence-corrected chi connectivity index (χ4v) is 2.25. The average Bonchev–Trinajstić information content (AvgIpc) is 2.69. The summed E-state index contributed by atoms with van der Waals surface area (Å²) >= 11 is 0. The number of aromatic nitrogens is 2. The molecule has 2 aromatic carbocycles. The van der Waals surface area contributed by atoms with Crippen LogP contribution >= 0.6 is 0 Å². The molecule has 0 amide bonds. The summed E-state index contributed by atoms with van der Waals surface area (Å²) in [6.45, 7) is 0. The second-order valence-electron chi connectivity index (χ2n) is 5.09. The molecule has 0 aliphatic heterocycles. The van der Waals surface area contributed by atoms with Crippen molar-refractivity contribution in [2.75, 3.05) is 0 Å². The van der Waals surface area contributed by atoms with Crippen molar-refractivity contribution in [2.24, 2.45) is 0 Å². The Morgan fingerprint density at radius 2 is 1.17 bits per heavy atom. The van der Waals surface area contributed by atoms with Crippen LogP contribution in [0.5, 0.6) is 0 Å². The zero-order valence-corrected chi connectivity index (χ0v) is 18.8. The van der Waals surface area contributed by atoms with E-state index in [0.29, 0.717) is 0 Å². The molecule has 4 rings (SSSR count). The molecule has 10 heteroatoms. The first-order valence-electron chi connectivity index (χ1n) is 7.65. The molecule has 0 fully saturated rings. The Morgan fingerprint density at radius 3 is 1.52 bits per heavy atom. The number of nitrogens with zero attached hydrogens (tertiary/aromatic N) is 3. The third kappa shape index (κ3) is 8.15. The van der Waals surface area contributed by atoms with Crippen LogP contribution in [0.3, 0.4) is 0 Å². The van der Waals surface area contributed by atoms with E-state index in [1.807, 2.05) is 12.1 Å². The number of carboxylic acids is 1. The number of carboxylic acid groups (broad SMARTS) is 1. The molecular formula is C19H15N3O6Pb. The van der Waals surface area contributed by atoms with Gasteiger partial charge in [0, 0.05) is 23.2 Å². The molecule has 9 nitrogen and oxygen atoms in total. The van der Waals surface area contributed by atoms with Gasteiger partial charge in [-0.2, -0.15) is 0 Å². The minimum Gasteiger partial charge on any atom is -0.545 e. The second-order valence-corrected chi connectivity index (χ2v) is 5.09. The number of benzene rings is 2. The summed E-state index contributed by atoms with van der Waals surface area (Å²) in [5.41, 5.74) is 2.17. The maximum atomic E-state index is 10.1. The molecule has 0 aliphatic rings.